The summed E-state index contributed by atoms with van der Waals surface area (Å²) in [5.41, 5.74) is 0.519. The van der Waals surface area contributed by atoms with Crippen LogP contribution in [0.3, 0.4) is 0 Å². The van der Waals surface area contributed by atoms with E-state index in [0.717, 1.165) is 11.8 Å². The van der Waals surface area contributed by atoms with Crippen molar-refractivity contribution in [1.29, 1.82) is 0 Å². The van der Waals surface area contributed by atoms with Crippen LogP contribution in [0, 0.1) is 17.8 Å². The molecule has 0 rings (SSSR count). The summed E-state index contributed by atoms with van der Waals surface area (Å²) in [6.45, 7) is 15.6. The molecule has 0 N–H and O–H groups in total. The van der Waals surface area contributed by atoms with Gasteiger partial charge in [-0.15, -0.1) is 0 Å². The quantitative estimate of drug-likeness (QED) is 0.0431. The minimum Gasteiger partial charge on any atom is -0.462 e. The number of unbranched alkanes of at least 4 members (excludes halogenated alkanes) is 18. The molecule has 0 aromatic carbocycles. The molecular formula is C40H78O2. The first-order valence-electron chi connectivity index (χ1n) is 19.2. The molecule has 2 heteroatoms. The lowest BCUT2D eigenvalue weighted by molar-refractivity contribution is -0.140. The predicted molar refractivity (Wildman–Crippen MR) is 188 cm³/mol. The molecule has 0 aliphatic carbocycles. The molecule has 250 valence electrons. The maximum Gasteiger partial charge on any atom is 0.333 e. The zero-order valence-corrected chi connectivity index (χ0v) is 29.8. The highest BCUT2D eigenvalue weighted by molar-refractivity contribution is 5.86. The molecule has 0 saturated heterocycles. The van der Waals surface area contributed by atoms with Gasteiger partial charge in [-0.1, -0.05) is 201 Å². The average Bonchev–Trinajstić information content (AvgIpc) is 2.97. The summed E-state index contributed by atoms with van der Waals surface area (Å²) in [4.78, 5) is 12.0. The fraction of sp³-hybridized carbons (Fsp3) is 0.925. The second-order valence-corrected chi connectivity index (χ2v) is 14.3. The maximum absolute atomic E-state index is 12.0. The largest absolute Gasteiger partial charge is 0.462 e. The maximum atomic E-state index is 12.0. The Labute approximate surface area is 266 Å². The van der Waals surface area contributed by atoms with E-state index in [-0.39, 0.29) is 5.97 Å². The second-order valence-electron chi connectivity index (χ2n) is 14.3. The molecule has 3 unspecified atom stereocenters. The smallest absolute Gasteiger partial charge is 0.333 e. The van der Waals surface area contributed by atoms with Crippen molar-refractivity contribution in [2.24, 2.45) is 17.8 Å². The zero-order chi connectivity index (χ0) is 31.1. The first-order valence-corrected chi connectivity index (χ1v) is 19.2. The minimum absolute atomic E-state index is 0.218. The van der Waals surface area contributed by atoms with Gasteiger partial charge in [-0.25, -0.2) is 4.79 Å². The Bertz CT molecular complexity index is 582. The number of hydrogen-bond donors (Lipinski definition) is 0. The first-order chi connectivity index (χ1) is 20.4. The van der Waals surface area contributed by atoms with Gasteiger partial charge in [0.1, 0.15) is 0 Å². The van der Waals surface area contributed by atoms with Gasteiger partial charge >= 0.3 is 5.97 Å². The van der Waals surface area contributed by atoms with Gasteiger partial charge in [0.15, 0.2) is 0 Å². The Hall–Kier alpha value is -0.790. The van der Waals surface area contributed by atoms with Gasteiger partial charge in [0.25, 0.3) is 0 Å². The topological polar surface area (TPSA) is 26.3 Å². The molecular weight excluding hydrogens is 512 g/mol. The monoisotopic (exact) mass is 591 g/mol. The highest BCUT2D eigenvalue weighted by atomic mass is 16.5. The van der Waals surface area contributed by atoms with Crippen LogP contribution in [-0.2, 0) is 9.53 Å². The van der Waals surface area contributed by atoms with Crippen molar-refractivity contribution in [3.05, 3.63) is 12.2 Å². The summed E-state index contributed by atoms with van der Waals surface area (Å²) in [6, 6.07) is 0. The Kier molecular flexibility index (Phi) is 31.0. The van der Waals surface area contributed by atoms with Gasteiger partial charge in [0.05, 0.1) is 6.61 Å². The van der Waals surface area contributed by atoms with Crippen molar-refractivity contribution in [2.75, 3.05) is 6.61 Å². The minimum atomic E-state index is -0.218. The fourth-order valence-electron chi connectivity index (χ4n) is 6.37. The van der Waals surface area contributed by atoms with Gasteiger partial charge in [-0.05, 0) is 37.5 Å². The fourth-order valence-corrected chi connectivity index (χ4v) is 6.37. The van der Waals surface area contributed by atoms with E-state index in [4.69, 9.17) is 4.74 Å². The number of carbonyl (C=O) groups excluding carboxylic acids is 1. The normalized spacial score (nSPS) is 13.6. The van der Waals surface area contributed by atoms with E-state index in [1.165, 1.54) is 180 Å². The third kappa shape index (κ3) is 29.3. The van der Waals surface area contributed by atoms with Crippen molar-refractivity contribution in [3.63, 3.8) is 0 Å². The van der Waals surface area contributed by atoms with Crippen molar-refractivity contribution in [2.45, 2.75) is 214 Å². The van der Waals surface area contributed by atoms with E-state index < -0.39 is 0 Å². The third-order valence-corrected chi connectivity index (χ3v) is 9.52. The summed E-state index contributed by atoms with van der Waals surface area (Å²) in [6.07, 6.45) is 38.6. The van der Waals surface area contributed by atoms with Crippen LogP contribution in [0.15, 0.2) is 12.2 Å². The van der Waals surface area contributed by atoms with Crippen molar-refractivity contribution < 1.29 is 9.53 Å². The van der Waals surface area contributed by atoms with Crippen LogP contribution in [0.2, 0.25) is 0 Å². The molecule has 3 atom stereocenters. The van der Waals surface area contributed by atoms with Crippen LogP contribution in [0.1, 0.15) is 214 Å². The van der Waals surface area contributed by atoms with Crippen LogP contribution in [-0.4, -0.2) is 12.6 Å². The standard InChI is InChI=1S/C40H78O2/c1-7-9-11-13-17-23-29-37(5)31-25-19-15-16-20-27-33-39(35-42-40(41)36(3)4)34-28-22-21-26-32-38(6)30-24-18-14-12-10-8-2/h37-39H,3,7-35H2,1-2,4-6H3. The number of esters is 1. The van der Waals surface area contributed by atoms with Gasteiger partial charge in [-0.2, -0.15) is 0 Å². The Morgan fingerprint density at radius 1 is 0.500 bits per heavy atom. The van der Waals surface area contributed by atoms with Crippen LogP contribution in [0.4, 0.5) is 0 Å². The van der Waals surface area contributed by atoms with Gasteiger partial charge in [0, 0.05) is 5.57 Å². The summed E-state index contributed by atoms with van der Waals surface area (Å²) in [5.74, 6) is 2.10. The summed E-state index contributed by atoms with van der Waals surface area (Å²) in [5, 5.41) is 0. The molecule has 0 aromatic heterocycles. The molecule has 0 bridgehead atoms. The number of rotatable bonds is 33. The lowest BCUT2D eigenvalue weighted by atomic mass is 9.93. The molecule has 42 heavy (non-hydrogen) atoms. The molecule has 0 heterocycles. The molecule has 0 aliphatic heterocycles. The van der Waals surface area contributed by atoms with E-state index in [2.05, 4.69) is 34.3 Å². The Morgan fingerprint density at radius 3 is 1.10 bits per heavy atom. The Morgan fingerprint density at radius 2 is 0.786 bits per heavy atom. The van der Waals surface area contributed by atoms with Gasteiger partial charge in [0.2, 0.25) is 0 Å². The summed E-state index contributed by atoms with van der Waals surface area (Å²) >= 11 is 0. The van der Waals surface area contributed by atoms with E-state index in [1.54, 1.807) is 6.92 Å². The molecule has 0 aliphatic rings. The molecule has 0 fully saturated rings. The van der Waals surface area contributed by atoms with E-state index in [9.17, 15) is 4.79 Å². The molecule has 0 spiro atoms. The lowest BCUT2D eigenvalue weighted by Crippen LogP contribution is -2.15. The van der Waals surface area contributed by atoms with Crippen molar-refractivity contribution >= 4 is 5.97 Å². The van der Waals surface area contributed by atoms with E-state index in [0.29, 0.717) is 18.1 Å². The highest BCUT2D eigenvalue weighted by Crippen LogP contribution is 2.23. The van der Waals surface area contributed by atoms with Crippen molar-refractivity contribution in [1.82, 2.24) is 0 Å². The molecule has 2 nitrogen and oxygen atoms in total. The lowest BCUT2D eigenvalue weighted by Gasteiger charge is -2.17. The number of carbonyl (C=O) groups is 1. The zero-order valence-electron chi connectivity index (χ0n) is 29.8. The highest BCUT2D eigenvalue weighted by Gasteiger charge is 2.13. The molecule has 0 saturated carbocycles. The first kappa shape index (κ1) is 41.2. The molecule has 0 radical (unpaired) electrons. The Balaban J connectivity index is 3.93. The van der Waals surface area contributed by atoms with Gasteiger partial charge < -0.3 is 4.74 Å². The molecule has 0 amide bonds. The van der Waals surface area contributed by atoms with Crippen LogP contribution < -0.4 is 0 Å². The number of hydrogen-bond acceptors (Lipinski definition) is 2. The van der Waals surface area contributed by atoms with E-state index >= 15 is 0 Å². The van der Waals surface area contributed by atoms with Crippen LogP contribution in [0.25, 0.3) is 0 Å². The van der Waals surface area contributed by atoms with Crippen LogP contribution >= 0.6 is 0 Å². The second kappa shape index (κ2) is 31.6. The average molecular weight is 591 g/mol. The molecule has 0 aromatic rings. The van der Waals surface area contributed by atoms with E-state index in [1.807, 2.05) is 0 Å². The summed E-state index contributed by atoms with van der Waals surface area (Å²) < 4.78 is 5.59. The third-order valence-electron chi connectivity index (χ3n) is 9.52. The number of ether oxygens (including phenoxy) is 1. The van der Waals surface area contributed by atoms with Crippen molar-refractivity contribution in [3.8, 4) is 0 Å². The predicted octanol–water partition coefficient (Wildman–Crippen LogP) is 14.0. The van der Waals surface area contributed by atoms with Gasteiger partial charge in [-0.3, -0.25) is 0 Å². The summed E-state index contributed by atoms with van der Waals surface area (Å²) in [7, 11) is 0. The van der Waals surface area contributed by atoms with Crippen LogP contribution in [0.5, 0.6) is 0 Å². The SMILES string of the molecule is C=C(C)C(=O)OCC(CCCCCCCCC(C)CCCCCCCC)CCCCCCC(C)CCCCCCCC.